The molecule has 3 nitrogen and oxygen atoms in total. The van der Waals surface area contributed by atoms with Crippen LogP contribution >= 0.6 is 0 Å². The van der Waals surface area contributed by atoms with Gasteiger partial charge in [0.05, 0.1) is 6.07 Å². The Morgan fingerprint density at radius 3 is 2.62 bits per heavy atom. The maximum absolute atomic E-state index is 11.7. The van der Waals surface area contributed by atoms with E-state index >= 15 is 0 Å². The van der Waals surface area contributed by atoms with E-state index in [4.69, 9.17) is 5.26 Å². The quantitative estimate of drug-likeness (QED) is 0.684. The van der Waals surface area contributed by atoms with Crippen molar-refractivity contribution in [2.45, 2.75) is 40.5 Å². The van der Waals surface area contributed by atoms with E-state index in [0.29, 0.717) is 11.8 Å². The van der Waals surface area contributed by atoms with E-state index in [1.165, 1.54) is 0 Å². The predicted molar refractivity (Wildman–Crippen MR) is 63.5 cm³/mol. The Balaban J connectivity index is 2.68. The average Bonchev–Trinajstić information content (AvgIpc) is 2.16. The number of nitrogens with zero attached hydrogens (tertiary/aromatic N) is 2. The number of likely N-dealkylation sites (tertiary alicyclic amines) is 1. The van der Waals surface area contributed by atoms with Crippen molar-refractivity contribution < 1.29 is 4.79 Å². The molecule has 0 aromatic rings. The highest BCUT2D eigenvalue weighted by molar-refractivity contribution is 5.78. The number of piperidine rings is 1. The number of carbonyl (C=O) groups is 1. The third kappa shape index (κ3) is 2.98. The van der Waals surface area contributed by atoms with Crippen LogP contribution in [-0.2, 0) is 4.79 Å². The SMILES string of the molecule is CC1CCN(C(=O)CC#N)CC1C(C)(C)C. The minimum Gasteiger partial charge on any atom is -0.341 e. The lowest BCUT2D eigenvalue weighted by Crippen LogP contribution is -2.47. The van der Waals surface area contributed by atoms with Crippen molar-refractivity contribution in [3.05, 3.63) is 0 Å². The standard InChI is InChI=1S/C13H22N2O/c1-10-6-8-15(12(16)5-7-14)9-11(10)13(2,3)4/h10-11H,5-6,8-9H2,1-4H3. The van der Waals surface area contributed by atoms with Gasteiger partial charge in [-0.25, -0.2) is 0 Å². The summed E-state index contributed by atoms with van der Waals surface area (Å²) < 4.78 is 0. The number of hydrogen-bond acceptors (Lipinski definition) is 2. The van der Waals surface area contributed by atoms with Crippen LogP contribution < -0.4 is 0 Å². The lowest BCUT2D eigenvalue weighted by atomic mass is 9.70. The molecule has 1 aliphatic heterocycles. The summed E-state index contributed by atoms with van der Waals surface area (Å²) >= 11 is 0. The van der Waals surface area contributed by atoms with E-state index in [1.807, 2.05) is 11.0 Å². The fourth-order valence-electron chi connectivity index (χ4n) is 2.60. The molecule has 0 saturated carbocycles. The van der Waals surface area contributed by atoms with E-state index < -0.39 is 0 Å². The van der Waals surface area contributed by atoms with Gasteiger partial charge in [0, 0.05) is 13.1 Å². The molecule has 0 aromatic heterocycles. The summed E-state index contributed by atoms with van der Waals surface area (Å²) in [6.45, 7) is 10.6. The molecule has 1 rings (SSSR count). The van der Waals surface area contributed by atoms with Crippen LogP contribution in [0.15, 0.2) is 0 Å². The second-order valence-corrected chi connectivity index (χ2v) is 5.91. The molecule has 1 fully saturated rings. The summed E-state index contributed by atoms with van der Waals surface area (Å²) in [5.74, 6) is 1.18. The van der Waals surface area contributed by atoms with Gasteiger partial charge in [-0.3, -0.25) is 4.79 Å². The van der Waals surface area contributed by atoms with Crippen LogP contribution in [0.1, 0.15) is 40.5 Å². The van der Waals surface area contributed by atoms with Crippen molar-refractivity contribution in [1.82, 2.24) is 4.90 Å². The van der Waals surface area contributed by atoms with Gasteiger partial charge in [0.25, 0.3) is 0 Å². The molecule has 0 spiro atoms. The smallest absolute Gasteiger partial charge is 0.236 e. The Morgan fingerprint density at radius 1 is 1.50 bits per heavy atom. The van der Waals surface area contributed by atoms with E-state index in [2.05, 4.69) is 27.7 Å². The number of rotatable bonds is 1. The first-order valence-corrected chi connectivity index (χ1v) is 6.01. The highest BCUT2D eigenvalue weighted by atomic mass is 16.2. The van der Waals surface area contributed by atoms with Crippen LogP contribution in [0.2, 0.25) is 0 Å². The van der Waals surface area contributed by atoms with Crippen molar-refractivity contribution in [2.24, 2.45) is 17.3 Å². The van der Waals surface area contributed by atoms with Gasteiger partial charge in [-0.15, -0.1) is 0 Å². The Bertz CT molecular complexity index is 298. The Hall–Kier alpha value is -1.04. The van der Waals surface area contributed by atoms with Gasteiger partial charge < -0.3 is 4.90 Å². The highest BCUT2D eigenvalue weighted by Gasteiger charge is 2.35. The Labute approximate surface area is 98.4 Å². The van der Waals surface area contributed by atoms with Crippen molar-refractivity contribution in [3.8, 4) is 6.07 Å². The third-order valence-corrected chi connectivity index (χ3v) is 3.65. The van der Waals surface area contributed by atoms with Gasteiger partial charge >= 0.3 is 0 Å². The molecule has 1 aliphatic rings. The molecule has 1 amide bonds. The van der Waals surface area contributed by atoms with Crippen molar-refractivity contribution >= 4 is 5.91 Å². The first-order chi connectivity index (χ1) is 7.36. The van der Waals surface area contributed by atoms with Crippen LogP contribution in [-0.4, -0.2) is 23.9 Å². The predicted octanol–water partition coefficient (Wildman–Crippen LogP) is 2.43. The molecule has 1 heterocycles. The van der Waals surface area contributed by atoms with E-state index in [1.54, 1.807) is 0 Å². The lowest BCUT2D eigenvalue weighted by Gasteiger charge is -2.43. The van der Waals surface area contributed by atoms with Crippen molar-refractivity contribution in [2.75, 3.05) is 13.1 Å². The summed E-state index contributed by atoms with van der Waals surface area (Å²) in [5, 5.41) is 8.55. The van der Waals surface area contributed by atoms with Gasteiger partial charge in [0.1, 0.15) is 6.42 Å². The second-order valence-electron chi connectivity index (χ2n) is 5.91. The molecule has 0 bridgehead atoms. The van der Waals surface area contributed by atoms with Crippen LogP contribution in [0.4, 0.5) is 0 Å². The summed E-state index contributed by atoms with van der Waals surface area (Å²) in [6, 6.07) is 1.94. The van der Waals surface area contributed by atoms with Gasteiger partial charge in [0.2, 0.25) is 5.91 Å². The third-order valence-electron chi connectivity index (χ3n) is 3.65. The normalized spacial score (nSPS) is 26.3. The van der Waals surface area contributed by atoms with Crippen LogP contribution in [0.5, 0.6) is 0 Å². The number of nitriles is 1. The second kappa shape index (κ2) is 4.86. The summed E-state index contributed by atoms with van der Waals surface area (Å²) in [4.78, 5) is 13.5. The summed E-state index contributed by atoms with van der Waals surface area (Å²) in [6.07, 6.45) is 1.07. The summed E-state index contributed by atoms with van der Waals surface area (Å²) in [7, 11) is 0. The van der Waals surface area contributed by atoms with E-state index in [9.17, 15) is 4.79 Å². The fraction of sp³-hybridized carbons (Fsp3) is 0.846. The fourth-order valence-corrected chi connectivity index (χ4v) is 2.60. The largest absolute Gasteiger partial charge is 0.341 e. The number of hydrogen-bond donors (Lipinski definition) is 0. The van der Waals surface area contributed by atoms with E-state index in [-0.39, 0.29) is 17.7 Å². The molecular weight excluding hydrogens is 200 g/mol. The molecule has 0 aromatic carbocycles. The van der Waals surface area contributed by atoms with Crippen molar-refractivity contribution in [3.63, 3.8) is 0 Å². The number of carbonyl (C=O) groups excluding carboxylic acids is 1. The average molecular weight is 222 g/mol. The zero-order valence-corrected chi connectivity index (χ0v) is 10.8. The molecule has 2 unspecified atom stereocenters. The topological polar surface area (TPSA) is 44.1 Å². The van der Waals surface area contributed by atoms with Gasteiger partial charge in [-0.1, -0.05) is 27.7 Å². The van der Waals surface area contributed by atoms with Gasteiger partial charge in [-0.05, 0) is 23.7 Å². The van der Waals surface area contributed by atoms with Gasteiger partial charge in [0.15, 0.2) is 0 Å². The Kier molecular flexibility index (Phi) is 3.96. The molecular formula is C13H22N2O. The highest BCUT2D eigenvalue weighted by Crippen LogP contribution is 2.37. The monoisotopic (exact) mass is 222 g/mol. The molecule has 3 heteroatoms. The zero-order chi connectivity index (χ0) is 12.3. The Morgan fingerprint density at radius 2 is 2.12 bits per heavy atom. The minimum atomic E-state index is -0.0105. The number of amides is 1. The maximum Gasteiger partial charge on any atom is 0.236 e. The van der Waals surface area contributed by atoms with Crippen molar-refractivity contribution in [1.29, 1.82) is 5.26 Å². The van der Waals surface area contributed by atoms with Crippen LogP contribution in [0.3, 0.4) is 0 Å². The van der Waals surface area contributed by atoms with Crippen LogP contribution in [0, 0.1) is 28.6 Å². The van der Waals surface area contributed by atoms with Crippen LogP contribution in [0.25, 0.3) is 0 Å². The zero-order valence-electron chi connectivity index (χ0n) is 10.8. The van der Waals surface area contributed by atoms with Gasteiger partial charge in [-0.2, -0.15) is 5.26 Å². The molecule has 0 radical (unpaired) electrons. The minimum absolute atomic E-state index is 0.0105. The first-order valence-electron chi connectivity index (χ1n) is 6.01. The van der Waals surface area contributed by atoms with E-state index in [0.717, 1.165) is 19.5 Å². The molecule has 90 valence electrons. The maximum atomic E-state index is 11.7. The first kappa shape index (κ1) is 13.0. The molecule has 1 saturated heterocycles. The summed E-state index contributed by atoms with van der Waals surface area (Å²) in [5.41, 5.74) is 0.227. The lowest BCUT2D eigenvalue weighted by molar-refractivity contribution is -0.133. The molecule has 0 N–H and O–H groups in total. The molecule has 16 heavy (non-hydrogen) atoms. The molecule has 2 atom stereocenters. The molecule has 0 aliphatic carbocycles.